The van der Waals surface area contributed by atoms with Crippen molar-refractivity contribution < 1.29 is 42.9 Å². The number of allylic oxidation sites excluding steroid dienone is 20. The molecule has 0 rings (SSSR count). The number of quaternary nitrogens is 1. The third kappa shape index (κ3) is 63.1. The van der Waals surface area contributed by atoms with Gasteiger partial charge in [-0.25, -0.2) is 0 Å². The maximum atomic E-state index is 12.9. The number of hydrogen-bond acceptors (Lipinski definition) is 8. The van der Waals surface area contributed by atoms with Crippen LogP contribution in [0, 0.1) is 0 Å². The van der Waals surface area contributed by atoms with Crippen LogP contribution in [0.25, 0.3) is 0 Å². The number of carbonyl (C=O) groups is 3. The van der Waals surface area contributed by atoms with Gasteiger partial charge in [0.2, 0.25) is 0 Å². The minimum Gasteiger partial charge on any atom is -0.545 e. The van der Waals surface area contributed by atoms with E-state index in [-0.39, 0.29) is 38.6 Å². The summed E-state index contributed by atoms with van der Waals surface area (Å²) in [7, 11) is 5.91. The van der Waals surface area contributed by atoms with Crippen LogP contribution in [0.3, 0.4) is 0 Å². The Morgan fingerprint density at radius 2 is 0.704 bits per heavy atom. The second-order valence-corrected chi connectivity index (χ2v) is 22.7. The largest absolute Gasteiger partial charge is 0.545 e. The average Bonchev–Trinajstić information content (AvgIpc) is 3.44. The summed E-state index contributed by atoms with van der Waals surface area (Å²) in [5, 5.41) is 11.8. The van der Waals surface area contributed by atoms with Crippen LogP contribution >= 0.6 is 0 Å². The van der Waals surface area contributed by atoms with E-state index in [2.05, 4.69) is 135 Å². The van der Waals surface area contributed by atoms with Gasteiger partial charge in [-0.05, 0) is 89.9 Å². The molecule has 0 aliphatic carbocycles. The lowest BCUT2D eigenvalue weighted by atomic mass is 10.0. The Kier molecular flexibility index (Phi) is 58.5. The van der Waals surface area contributed by atoms with Crippen LogP contribution in [0.2, 0.25) is 0 Å². The molecule has 0 saturated heterocycles. The van der Waals surface area contributed by atoms with Crippen molar-refractivity contribution in [3.05, 3.63) is 122 Å². The molecule has 2 unspecified atom stereocenters. The van der Waals surface area contributed by atoms with E-state index in [0.717, 1.165) is 96.3 Å². The number of ether oxygens (including phenoxy) is 4. The monoisotopic (exact) mass is 1130 g/mol. The van der Waals surface area contributed by atoms with E-state index in [1.807, 2.05) is 21.1 Å². The molecule has 462 valence electrons. The Morgan fingerprint density at radius 1 is 0.383 bits per heavy atom. The quantitative estimate of drug-likeness (QED) is 0.0195. The molecule has 0 saturated carbocycles. The number of rotatable bonds is 59. The minimum absolute atomic E-state index is 0.134. The van der Waals surface area contributed by atoms with Gasteiger partial charge in [0.05, 0.1) is 40.3 Å². The summed E-state index contributed by atoms with van der Waals surface area (Å²) in [6.45, 7) is 4.60. The molecule has 0 spiro atoms. The van der Waals surface area contributed by atoms with Gasteiger partial charge in [0.25, 0.3) is 0 Å². The van der Waals surface area contributed by atoms with Crippen LogP contribution in [-0.2, 0) is 33.3 Å². The Balaban J connectivity index is 4.30. The van der Waals surface area contributed by atoms with Crippen molar-refractivity contribution >= 4 is 17.9 Å². The van der Waals surface area contributed by atoms with Gasteiger partial charge in [-0.2, -0.15) is 0 Å². The molecule has 9 heteroatoms. The van der Waals surface area contributed by atoms with E-state index in [1.165, 1.54) is 128 Å². The van der Waals surface area contributed by atoms with Crippen molar-refractivity contribution in [2.24, 2.45) is 0 Å². The van der Waals surface area contributed by atoms with Crippen molar-refractivity contribution in [2.45, 2.75) is 270 Å². The number of unbranched alkanes of at least 4 members (excludes halogenated alkanes) is 24. The van der Waals surface area contributed by atoms with Crippen molar-refractivity contribution in [2.75, 3.05) is 47.5 Å². The van der Waals surface area contributed by atoms with Gasteiger partial charge in [0.1, 0.15) is 13.2 Å². The SMILES string of the molecule is CC/C=C\C/C=C\C/C=C\C/C=C\C/C=C\C/C=C\C/C=C\C/C=C\C/C=C\C/C=C\CCCCC(=O)OC(COC(=O)CCCCCCCCCCCCCCCCCCCCCCCCC)COC(OCC[N+](C)(C)C)C(=O)[O-]. The number of hydrogen-bond donors (Lipinski definition) is 0. The number of nitrogens with zero attached hydrogens (tertiary/aromatic N) is 1. The Labute approximate surface area is 497 Å². The van der Waals surface area contributed by atoms with Gasteiger partial charge in [-0.1, -0.05) is 277 Å². The van der Waals surface area contributed by atoms with Gasteiger partial charge in [-0.3, -0.25) is 9.59 Å². The molecule has 2 atom stereocenters. The zero-order valence-electron chi connectivity index (χ0n) is 52.6. The van der Waals surface area contributed by atoms with E-state index < -0.39 is 24.3 Å². The lowest BCUT2D eigenvalue weighted by Crippen LogP contribution is -2.44. The summed E-state index contributed by atoms with van der Waals surface area (Å²) in [6, 6.07) is 0. The summed E-state index contributed by atoms with van der Waals surface area (Å²) in [5.41, 5.74) is 0. The van der Waals surface area contributed by atoms with Gasteiger partial charge in [0.15, 0.2) is 12.4 Å². The van der Waals surface area contributed by atoms with Gasteiger partial charge < -0.3 is 33.3 Å². The third-order valence-electron chi connectivity index (χ3n) is 13.7. The number of aliphatic carboxylic acids is 1. The zero-order chi connectivity index (χ0) is 59.1. The first-order chi connectivity index (χ1) is 39.6. The molecule has 81 heavy (non-hydrogen) atoms. The molecule has 0 radical (unpaired) electrons. The highest BCUT2D eigenvalue weighted by Gasteiger charge is 2.22. The minimum atomic E-state index is -1.64. The van der Waals surface area contributed by atoms with Crippen molar-refractivity contribution in [1.29, 1.82) is 0 Å². The molecule has 9 nitrogen and oxygen atoms in total. The van der Waals surface area contributed by atoms with Crippen LogP contribution in [0.1, 0.15) is 258 Å². The molecule has 0 fully saturated rings. The highest BCUT2D eigenvalue weighted by atomic mass is 16.7. The predicted molar refractivity (Wildman–Crippen MR) is 343 cm³/mol. The fourth-order valence-electron chi connectivity index (χ4n) is 8.74. The van der Waals surface area contributed by atoms with E-state index in [1.54, 1.807) is 0 Å². The standard InChI is InChI=1S/C72H121NO8/c1-6-8-10-12-14-16-18-20-22-24-26-28-30-31-32-33-34-35-36-37-38-39-41-43-45-47-49-51-53-55-57-59-61-63-70(75)81-68(67-80-72(71(76)77)78-65-64-73(3,4)5)66-79-69(74)62-60-58-56-54-52-50-48-46-44-42-40-29-27-25-23-21-19-17-15-13-11-9-7-2/h8,10,14,16,20,22,26,28,31-32,34-35,37-38,41,43,47,49,53,55,68,72H,6-7,9,11-13,15,17-19,21,23-25,27,29-30,33,36,39-40,42,44-46,48,50-52,54,56-67H2,1-5H3/b10-8-,16-14-,22-20-,28-26-,32-31-,35-34-,38-37-,43-41-,49-47-,55-53-. The Bertz CT molecular complexity index is 1740. The van der Waals surface area contributed by atoms with E-state index >= 15 is 0 Å². The van der Waals surface area contributed by atoms with Crippen LogP contribution in [0.4, 0.5) is 0 Å². The smallest absolute Gasteiger partial charge is 0.306 e. The fourth-order valence-corrected chi connectivity index (χ4v) is 8.74. The topological polar surface area (TPSA) is 111 Å². The first-order valence-corrected chi connectivity index (χ1v) is 32.7. The molecular formula is C72H121NO8. The van der Waals surface area contributed by atoms with E-state index in [9.17, 15) is 19.5 Å². The molecule has 0 aliphatic heterocycles. The van der Waals surface area contributed by atoms with Crippen LogP contribution in [-0.4, -0.2) is 82.3 Å². The molecule has 0 aromatic rings. The number of carbonyl (C=O) groups excluding carboxylic acids is 3. The van der Waals surface area contributed by atoms with Crippen LogP contribution < -0.4 is 5.11 Å². The summed E-state index contributed by atoms with van der Waals surface area (Å²) >= 11 is 0. The summed E-state index contributed by atoms with van der Waals surface area (Å²) in [5.74, 6) is -2.35. The van der Waals surface area contributed by atoms with Gasteiger partial charge >= 0.3 is 11.9 Å². The van der Waals surface area contributed by atoms with E-state index in [0.29, 0.717) is 17.4 Å². The summed E-state index contributed by atoms with van der Waals surface area (Å²) in [6.07, 6.45) is 84.1. The predicted octanol–water partition coefficient (Wildman–Crippen LogP) is 18.7. The lowest BCUT2D eigenvalue weighted by molar-refractivity contribution is -0.870. The Morgan fingerprint density at radius 3 is 1.05 bits per heavy atom. The first kappa shape index (κ1) is 76.7. The second kappa shape index (κ2) is 61.8. The molecule has 0 heterocycles. The molecular weight excluding hydrogens is 1010 g/mol. The van der Waals surface area contributed by atoms with Gasteiger partial charge in [0, 0.05) is 12.8 Å². The van der Waals surface area contributed by atoms with Crippen LogP contribution in [0.5, 0.6) is 0 Å². The number of carboxylic acids is 1. The normalized spacial score (nSPS) is 13.5. The average molecular weight is 1130 g/mol. The molecule has 0 aromatic heterocycles. The molecule has 0 aliphatic rings. The fraction of sp³-hybridized carbons (Fsp3) is 0.681. The molecule has 0 amide bonds. The van der Waals surface area contributed by atoms with E-state index in [4.69, 9.17) is 18.9 Å². The molecule has 0 aromatic carbocycles. The van der Waals surface area contributed by atoms with Crippen molar-refractivity contribution in [1.82, 2.24) is 0 Å². The maximum absolute atomic E-state index is 12.9. The number of esters is 2. The molecule has 0 N–H and O–H groups in total. The summed E-state index contributed by atoms with van der Waals surface area (Å²) in [4.78, 5) is 37.4. The maximum Gasteiger partial charge on any atom is 0.306 e. The van der Waals surface area contributed by atoms with Crippen molar-refractivity contribution in [3.63, 3.8) is 0 Å². The third-order valence-corrected chi connectivity index (χ3v) is 13.7. The number of carboxylic acid groups (broad SMARTS) is 1. The summed E-state index contributed by atoms with van der Waals surface area (Å²) < 4.78 is 22.7. The highest BCUT2D eigenvalue weighted by Crippen LogP contribution is 2.17. The number of likely N-dealkylation sites (N-methyl/N-ethyl adjacent to an activating group) is 1. The first-order valence-electron chi connectivity index (χ1n) is 32.7. The second-order valence-electron chi connectivity index (χ2n) is 22.7. The Hall–Kier alpha value is -4.31. The highest BCUT2D eigenvalue weighted by molar-refractivity contribution is 5.70. The zero-order valence-corrected chi connectivity index (χ0v) is 52.6. The molecule has 0 bridgehead atoms. The van der Waals surface area contributed by atoms with Crippen LogP contribution in [0.15, 0.2) is 122 Å². The van der Waals surface area contributed by atoms with Crippen molar-refractivity contribution in [3.8, 4) is 0 Å². The van der Waals surface area contributed by atoms with Gasteiger partial charge in [-0.15, -0.1) is 0 Å². The lowest BCUT2D eigenvalue weighted by Gasteiger charge is -2.26.